The van der Waals surface area contributed by atoms with Crippen molar-refractivity contribution in [3.63, 3.8) is 0 Å². The number of nitrogens with zero attached hydrogens (tertiary/aromatic N) is 4. The van der Waals surface area contributed by atoms with Crippen LogP contribution in [-0.4, -0.2) is 65.2 Å². The van der Waals surface area contributed by atoms with Gasteiger partial charge in [0.2, 0.25) is 10.0 Å². The summed E-state index contributed by atoms with van der Waals surface area (Å²) in [5.74, 6) is -0.426. The fourth-order valence-electron chi connectivity index (χ4n) is 3.99. The van der Waals surface area contributed by atoms with Crippen molar-refractivity contribution < 1.29 is 17.6 Å². The quantitative estimate of drug-likeness (QED) is 0.717. The van der Waals surface area contributed by atoms with Gasteiger partial charge in [-0.1, -0.05) is 13.8 Å². The van der Waals surface area contributed by atoms with Gasteiger partial charge in [-0.3, -0.25) is 4.79 Å². The lowest BCUT2D eigenvalue weighted by Crippen LogP contribution is -2.48. The first-order chi connectivity index (χ1) is 13.8. The van der Waals surface area contributed by atoms with Gasteiger partial charge in [0, 0.05) is 25.7 Å². The molecule has 0 radical (unpaired) electrons. The zero-order valence-electron chi connectivity index (χ0n) is 17.0. The molecule has 1 aromatic carbocycles. The molecule has 1 aliphatic rings. The second-order valence-electron chi connectivity index (χ2n) is 7.24. The summed E-state index contributed by atoms with van der Waals surface area (Å²) in [7, 11) is -3.26. The van der Waals surface area contributed by atoms with Crippen LogP contribution in [0.5, 0.6) is 0 Å². The van der Waals surface area contributed by atoms with Crippen LogP contribution in [0.4, 0.5) is 4.39 Å². The molecule has 0 unspecified atom stereocenters. The number of carbonyl (C=O) groups is 1. The van der Waals surface area contributed by atoms with Crippen LogP contribution in [-0.2, 0) is 16.4 Å². The van der Waals surface area contributed by atoms with E-state index in [1.165, 1.54) is 22.7 Å². The normalized spacial score (nSPS) is 15.8. The number of rotatable bonds is 6. The minimum Gasteiger partial charge on any atom is -0.338 e. The van der Waals surface area contributed by atoms with Gasteiger partial charge in [0.1, 0.15) is 5.82 Å². The second kappa shape index (κ2) is 8.62. The molecule has 1 saturated heterocycles. The molecule has 1 aromatic heterocycles. The van der Waals surface area contributed by atoms with Gasteiger partial charge in [-0.15, -0.1) is 0 Å². The van der Waals surface area contributed by atoms with Crippen molar-refractivity contribution in [2.45, 2.75) is 39.2 Å². The number of benzene rings is 1. The maximum absolute atomic E-state index is 13.2. The molecule has 1 amide bonds. The van der Waals surface area contributed by atoms with Gasteiger partial charge in [-0.2, -0.15) is 9.40 Å². The molecule has 7 nitrogen and oxygen atoms in total. The highest BCUT2D eigenvalue weighted by molar-refractivity contribution is 7.88. The van der Waals surface area contributed by atoms with Gasteiger partial charge in [0.25, 0.3) is 5.91 Å². The lowest BCUT2D eigenvalue weighted by atomic mass is 10.0. The van der Waals surface area contributed by atoms with E-state index in [1.54, 1.807) is 27.9 Å². The maximum Gasteiger partial charge on any atom is 0.257 e. The molecule has 158 valence electrons. The fraction of sp³-hybridized carbons (Fsp3) is 0.500. The number of carbonyl (C=O) groups excluding carboxylic acids is 1. The molecule has 0 atom stereocenters. The van der Waals surface area contributed by atoms with Gasteiger partial charge in [-0.25, -0.2) is 17.5 Å². The average Bonchev–Trinajstić information content (AvgIpc) is 3.12. The Bertz CT molecular complexity index is 964. The molecule has 1 fully saturated rings. The van der Waals surface area contributed by atoms with Gasteiger partial charge < -0.3 is 4.90 Å². The number of aromatic nitrogens is 2. The molecule has 0 bridgehead atoms. The summed E-state index contributed by atoms with van der Waals surface area (Å²) < 4.78 is 40.3. The zero-order chi connectivity index (χ0) is 21.2. The summed E-state index contributed by atoms with van der Waals surface area (Å²) in [5, 5.41) is 4.35. The van der Waals surface area contributed by atoms with Crippen LogP contribution in [0.1, 0.15) is 42.7 Å². The van der Waals surface area contributed by atoms with E-state index < -0.39 is 10.0 Å². The Morgan fingerprint density at radius 1 is 1.21 bits per heavy atom. The number of amides is 1. The van der Waals surface area contributed by atoms with Crippen LogP contribution in [0.15, 0.2) is 30.5 Å². The van der Waals surface area contributed by atoms with Gasteiger partial charge in [-0.05, 0) is 43.5 Å². The maximum atomic E-state index is 13.2. The smallest absolute Gasteiger partial charge is 0.257 e. The minimum absolute atomic E-state index is 0.0772. The number of hydrogen-bond acceptors (Lipinski definition) is 4. The predicted molar refractivity (Wildman–Crippen MR) is 109 cm³/mol. The standard InChI is InChI=1S/C20H27FN4O3S/c1-4-19-18(14-22-25(19)17-8-6-15(21)7-9-17)20(26)23-12-10-16(11-13-23)24(5-2)29(3,27)28/h6-9,14,16H,4-5,10-13H2,1-3H3. The molecule has 0 N–H and O–H groups in total. The summed E-state index contributed by atoms with van der Waals surface area (Å²) in [6.07, 6.45) is 4.61. The topological polar surface area (TPSA) is 75.5 Å². The largest absolute Gasteiger partial charge is 0.338 e. The van der Waals surface area contributed by atoms with Crippen molar-refractivity contribution in [1.29, 1.82) is 0 Å². The summed E-state index contributed by atoms with van der Waals surface area (Å²) >= 11 is 0. The third-order valence-electron chi connectivity index (χ3n) is 5.40. The van der Waals surface area contributed by atoms with Crippen LogP contribution < -0.4 is 0 Å². The van der Waals surface area contributed by atoms with E-state index in [4.69, 9.17) is 0 Å². The highest BCUT2D eigenvalue weighted by Gasteiger charge is 2.32. The molecule has 2 aromatic rings. The molecule has 29 heavy (non-hydrogen) atoms. The summed E-state index contributed by atoms with van der Waals surface area (Å²) in [5.41, 5.74) is 2.01. The van der Waals surface area contributed by atoms with E-state index in [0.29, 0.717) is 50.1 Å². The first-order valence-electron chi connectivity index (χ1n) is 9.85. The third kappa shape index (κ3) is 4.51. The van der Waals surface area contributed by atoms with Crippen LogP contribution in [0.3, 0.4) is 0 Å². The molecule has 0 spiro atoms. The zero-order valence-corrected chi connectivity index (χ0v) is 17.8. The number of halogens is 1. The molecule has 9 heteroatoms. The summed E-state index contributed by atoms with van der Waals surface area (Å²) in [4.78, 5) is 14.9. The lowest BCUT2D eigenvalue weighted by molar-refractivity contribution is 0.0679. The Kier molecular flexibility index (Phi) is 6.38. The summed E-state index contributed by atoms with van der Waals surface area (Å²) in [6, 6.07) is 5.91. The first-order valence-corrected chi connectivity index (χ1v) is 11.7. The highest BCUT2D eigenvalue weighted by Crippen LogP contribution is 2.23. The van der Waals surface area contributed by atoms with Gasteiger partial charge in [0.05, 0.1) is 29.4 Å². The van der Waals surface area contributed by atoms with E-state index in [0.717, 1.165) is 5.69 Å². The Morgan fingerprint density at radius 2 is 1.83 bits per heavy atom. The van der Waals surface area contributed by atoms with E-state index in [2.05, 4.69) is 5.10 Å². The van der Waals surface area contributed by atoms with E-state index >= 15 is 0 Å². The van der Waals surface area contributed by atoms with Crippen molar-refractivity contribution in [3.05, 3.63) is 47.5 Å². The van der Waals surface area contributed by atoms with Crippen molar-refractivity contribution in [1.82, 2.24) is 19.0 Å². The number of sulfonamides is 1. The van der Waals surface area contributed by atoms with E-state index in [9.17, 15) is 17.6 Å². The molecular formula is C20H27FN4O3S. The Labute approximate surface area is 171 Å². The summed E-state index contributed by atoms with van der Waals surface area (Å²) in [6.45, 7) is 5.21. The van der Waals surface area contributed by atoms with Crippen molar-refractivity contribution in [3.8, 4) is 5.69 Å². The van der Waals surface area contributed by atoms with Crippen molar-refractivity contribution >= 4 is 15.9 Å². The Hall–Kier alpha value is -2.26. The Balaban J connectivity index is 1.76. The Morgan fingerprint density at radius 3 is 2.34 bits per heavy atom. The third-order valence-corrected chi connectivity index (χ3v) is 6.81. The van der Waals surface area contributed by atoms with Gasteiger partial charge in [0.15, 0.2) is 0 Å². The SMILES string of the molecule is CCc1c(C(=O)N2CCC(N(CC)S(C)(=O)=O)CC2)cnn1-c1ccc(F)cc1. The number of likely N-dealkylation sites (tertiary alicyclic amines) is 1. The molecule has 1 aliphatic heterocycles. The van der Waals surface area contributed by atoms with Crippen LogP contribution in [0.2, 0.25) is 0 Å². The monoisotopic (exact) mass is 422 g/mol. The fourth-order valence-corrected chi connectivity index (χ4v) is 5.21. The van der Waals surface area contributed by atoms with Crippen LogP contribution in [0.25, 0.3) is 5.69 Å². The second-order valence-corrected chi connectivity index (χ2v) is 9.17. The van der Waals surface area contributed by atoms with Crippen LogP contribution in [0, 0.1) is 5.82 Å². The number of hydrogen-bond donors (Lipinski definition) is 0. The predicted octanol–water partition coefficient (Wildman–Crippen LogP) is 2.46. The molecule has 0 aliphatic carbocycles. The van der Waals surface area contributed by atoms with E-state index in [-0.39, 0.29) is 17.8 Å². The minimum atomic E-state index is -3.26. The van der Waals surface area contributed by atoms with Gasteiger partial charge >= 0.3 is 0 Å². The van der Waals surface area contributed by atoms with Crippen molar-refractivity contribution in [2.75, 3.05) is 25.9 Å². The first kappa shape index (κ1) is 21.4. The van der Waals surface area contributed by atoms with E-state index in [1.807, 2.05) is 13.8 Å². The lowest BCUT2D eigenvalue weighted by Gasteiger charge is -2.36. The van der Waals surface area contributed by atoms with Crippen LogP contribution >= 0.6 is 0 Å². The molecule has 0 saturated carbocycles. The van der Waals surface area contributed by atoms with Crippen molar-refractivity contribution in [2.24, 2.45) is 0 Å². The average molecular weight is 423 g/mol. The molecular weight excluding hydrogens is 395 g/mol. The number of piperidine rings is 1. The molecule has 3 rings (SSSR count). The molecule has 2 heterocycles. The highest BCUT2D eigenvalue weighted by atomic mass is 32.2.